The lowest BCUT2D eigenvalue weighted by Gasteiger charge is -2.19. The maximum Gasteiger partial charge on any atom is 0.243 e. The van der Waals surface area contributed by atoms with Gasteiger partial charge in [0.1, 0.15) is 0 Å². The molecule has 2 amide bonds. The molecule has 2 N–H and O–H groups in total. The zero-order valence-corrected chi connectivity index (χ0v) is 11.4. The molecule has 0 aromatic heterocycles. The highest BCUT2D eigenvalue weighted by Crippen LogP contribution is 2.25. The Labute approximate surface area is 118 Å². The average molecular weight is 273 g/mol. The fourth-order valence-corrected chi connectivity index (χ4v) is 2.80. The minimum atomic E-state index is -0.121. The molecule has 0 bridgehead atoms. The number of hydrogen-bond acceptors (Lipinski definition) is 3. The lowest BCUT2D eigenvalue weighted by atomic mass is 10.0. The summed E-state index contributed by atoms with van der Waals surface area (Å²) in [4.78, 5) is 25.1. The quantitative estimate of drug-likeness (QED) is 0.879. The second-order valence-electron chi connectivity index (χ2n) is 5.37. The predicted molar refractivity (Wildman–Crippen MR) is 77.7 cm³/mol. The van der Waals surface area contributed by atoms with Crippen molar-refractivity contribution in [3.63, 3.8) is 0 Å². The van der Waals surface area contributed by atoms with Gasteiger partial charge in [0.2, 0.25) is 11.8 Å². The summed E-state index contributed by atoms with van der Waals surface area (Å²) < 4.78 is 0. The van der Waals surface area contributed by atoms with E-state index in [4.69, 9.17) is 0 Å². The van der Waals surface area contributed by atoms with Crippen LogP contribution in [0, 0.1) is 0 Å². The van der Waals surface area contributed by atoms with Crippen molar-refractivity contribution in [2.45, 2.75) is 25.7 Å². The first-order valence-corrected chi connectivity index (χ1v) is 7.17. The normalized spacial score (nSPS) is 17.6. The standard InChI is InChI=1S/C15H19N3O2/c19-14(10-18-8-2-4-15(18)20)17-12-5-6-13-11(9-12)3-1-7-16-13/h5-6,9,16H,1-4,7-8,10H2,(H,17,19). The van der Waals surface area contributed by atoms with Crippen LogP contribution in [0.5, 0.6) is 0 Å². The van der Waals surface area contributed by atoms with E-state index < -0.39 is 0 Å². The molecule has 0 aliphatic carbocycles. The monoisotopic (exact) mass is 273 g/mol. The number of amides is 2. The van der Waals surface area contributed by atoms with Gasteiger partial charge in [-0.25, -0.2) is 0 Å². The van der Waals surface area contributed by atoms with Crippen molar-refractivity contribution >= 4 is 23.2 Å². The molecule has 2 aliphatic heterocycles. The Kier molecular flexibility index (Phi) is 3.58. The first-order chi connectivity index (χ1) is 9.72. The SMILES string of the molecule is O=C(CN1CCCC1=O)Nc1ccc2c(c1)CCCN2. The van der Waals surface area contributed by atoms with Crippen LogP contribution in [0.25, 0.3) is 0 Å². The molecule has 0 spiro atoms. The smallest absolute Gasteiger partial charge is 0.243 e. The van der Waals surface area contributed by atoms with Crippen LogP contribution >= 0.6 is 0 Å². The molecule has 2 aliphatic rings. The molecule has 0 unspecified atom stereocenters. The van der Waals surface area contributed by atoms with Gasteiger partial charge in [-0.3, -0.25) is 9.59 Å². The van der Waals surface area contributed by atoms with Crippen LogP contribution < -0.4 is 10.6 Å². The molecule has 106 valence electrons. The van der Waals surface area contributed by atoms with Crippen LogP contribution in [-0.2, 0) is 16.0 Å². The number of fused-ring (bicyclic) bond motifs is 1. The molecule has 0 radical (unpaired) electrons. The van der Waals surface area contributed by atoms with Crippen molar-refractivity contribution in [3.05, 3.63) is 23.8 Å². The molecule has 1 aromatic rings. The molecule has 3 rings (SSSR count). The van der Waals surface area contributed by atoms with Crippen LogP contribution in [-0.4, -0.2) is 36.3 Å². The lowest BCUT2D eigenvalue weighted by molar-refractivity contribution is -0.131. The summed E-state index contributed by atoms with van der Waals surface area (Å²) in [6.07, 6.45) is 3.58. The third kappa shape index (κ3) is 2.76. The largest absolute Gasteiger partial charge is 0.385 e. The molecule has 1 fully saturated rings. The van der Waals surface area contributed by atoms with Crippen LogP contribution in [0.1, 0.15) is 24.8 Å². The first kappa shape index (κ1) is 13.0. The van der Waals surface area contributed by atoms with Crippen LogP contribution in [0.15, 0.2) is 18.2 Å². The molecule has 5 nitrogen and oxygen atoms in total. The van der Waals surface area contributed by atoms with E-state index in [0.717, 1.165) is 37.2 Å². The minimum Gasteiger partial charge on any atom is -0.385 e. The second-order valence-corrected chi connectivity index (χ2v) is 5.37. The van der Waals surface area contributed by atoms with E-state index in [-0.39, 0.29) is 18.4 Å². The van der Waals surface area contributed by atoms with E-state index in [1.807, 2.05) is 18.2 Å². The number of carbonyl (C=O) groups excluding carboxylic acids is 2. The fraction of sp³-hybridized carbons (Fsp3) is 0.467. The highest BCUT2D eigenvalue weighted by molar-refractivity contribution is 5.95. The molecule has 2 heterocycles. The summed E-state index contributed by atoms with van der Waals surface area (Å²) >= 11 is 0. The highest BCUT2D eigenvalue weighted by atomic mass is 16.2. The molecule has 5 heteroatoms. The number of rotatable bonds is 3. The average Bonchev–Trinajstić information content (AvgIpc) is 2.84. The maximum atomic E-state index is 12.0. The first-order valence-electron chi connectivity index (χ1n) is 7.17. The highest BCUT2D eigenvalue weighted by Gasteiger charge is 2.22. The Morgan fingerprint density at radius 1 is 1.30 bits per heavy atom. The molecule has 20 heavy (non-hydrogen) atoms. The third-order valence-corrected chi connectivity index (χ3v) is 3.83. The Morgan fingerprint density at radius 2 is 2.20 bits per heavy atom. The number of hydrogen-bond donors (Lipinski definition) is 2. The predicted octanol–water partition coefficient (Wildman–Crippen LogP) is 1.61. The Balaban J connectivity index is 1.62. The summed E-state index contributed by atoms with van der Waals surface area (Å²) in [5, 5.41) is 6.22. The third-order valence-electron chi connectivity index (χ3n) is 3.83. The Morgan fingerprint density at radius 3 is 3.00 bits per heavy atom. The van der Waals surface area contributed by atoms with Crippen LogP contribution in [0.3, 0.4) is 0 Å². The van der Waals surface area contributed by atoms with Crippen molar-refractivity contribution in [3.8, 4) is 0 Å². The zero-order valence-electron chi connectivity index (χ0n) is 11.4. The van der Waals surface area contributed by atoms with Crippen molar-refractivity contribution in [1.82, 2.24) is 4.90 Å². The van der Waals surface area contributed by atoms with E-state index in [1.54, 1.807) is 4.90 Å². The second kappa shape index (κ2) is 5.53. The van der Waals surface area contributed by atoms with Gasteiger partial charge < -0.3 is 15.5 Å². The van der Waals surface area contributed by atoms with Crippen molar-refractivity contribution in [2.24, 2.45) is 0 Å². The maximum absolute atomic E-state index is 12.0. The number of nitrogens with one attached hydrogen (secondary N) is 2. The number of anilines is 2. The molecule has 1 saturated heterocycles. The van der Waals surface area contributed by atoms with Gasteiger partial charge in [-0.1, -0.05) is 0 Å². The van der Waals surface area contributed by atoms with E-state index in [2.05, 4.69) is 10.6 Å². The van der Waals surface area contributed by atoms with E-state index >= 15 is 0 Å². The van der Waals surface area contributed by atoms with E-state index in [0.29, 0.717) is 13.0 Å². The molecule has 0 saturated carbocycles. The van der Waals surface area contributed by atoms with E-state index in [1.165, 1.54) is 5.56 Å². The summed E-state index contributed by atoms with van der Waals surface area (Å²) in [5.41, 5.74) is 3.21. The number of aryl methyl sites for hydroxylation is 1. The Hall–Kier alpha value is -2.04. The van der Waals surface area contributed by atoms with Gasteiger partial charge in [-0.15, -0.1) is 0 Å². The van der Waals surface area contributed by atoms with Gasteiger partial charge in [0.15, 0.2) is 0 Å². The Bertz CT molecular complexity index is 542. The van der Waals surface area contributed by atoms with E-state index in [9.17, 15) is 9.59 Å². The zero-order chi connectivity index (χ0) is 13.9. The minimum absolute atomic E-state index is 0.0785. The number of likely N-dealkylation sites (tertiary alicyclic amines) is 1. The van der Waals surface area contributed by atoms with Gasteiger partial charge in [-0.2, -0.15) is 0 Å². The van der Waals surface area contributed by atoms with Crippen molar-refractivity contribution in [2.75, 3.05) is 30.3 Å². The summed E-state index contributed by atoms with van der Waals surface area (Å²) in [6, 6.07) is 5.93. The van der Waals surface area contributed by atoms with Gasteiger partial charge in [-0.05, 0) is 43.0 Å². The summed E-state index contributed by atoms with van der Waals surface area (Å²) in [5.74, 6) is -0.0428. The number of nitrogens with zero attached hydrogens (tertiary/aromatic N) is 1. The van der Waals surface area contributed by atoms with Crippen LogP contribution in [0.2, 0.25) is 0 Å². The number of benzene rings is 1. The fourth-order valence-electron chi connectivity index (χ4n) is 2.80. The summed E-state index contributed by atoms with van der Waals surface area (Å²) in [6.45, 7) is 1.87. The summed E-state index contributed by atoms with van der Waals surface area (Å²) in [7, 11) is 0. The van der Waals surface area contributed by atoms with Gasteiger partial charge in [0, 0.05) is 30.9 Å². The van der Waals surface area contributed by atoms with Crippen LogP contribution in [0.4, 0.5) is 11.4 Å². The molecular weight excluding hydrogens is 254 g/mol. The van der Waals surface area contributed by atoms with Gasteiger partial charge in [0.05, 0.1) is 6.54 Å². The number of carbonyl (C=O) groups is 2. The lowest BCUT2D eigenvalue weighted by Crippen LogP contribution is -2.34. The molecule has 0 atom stereocenters. The molecular formula is C15H19N3O2. The van der Waals surface area contributed by atoms with Gasteiger partial charge >= 0.3 is 0 Å². The van der Waals surface area contributed by atoms with Crippen molar-refractivity contribution < 1.29 is 9.59 Å². The topological polar surface area (TPSA) is 61.4 Å². The van der Waals surface area contributed by atoms with Crippen molar-refractivity contribution in [1.29, 1.82) is 0 Å². The van der Waals surface area contributed by atoms with Gasteiger partial charge in [0.25, 0.3) is 0 Å². The molecule has 1 aromatic carbocycles.